The number of carbonyl (C=O) groups excluding carboxylic acids is 1. The Bertz CT molecular complexity index is 648. The van der Waals surface area contributed by atoms with Crippen LogP contribution in [0.4, 0.5) is 5.69 Å². The van der Waals surface area contributed by atoms with E-state index in [0.717, 1.165) is 42.9 Å². The molecule has 0 spiro atoms. The number of rotatable bonds is 6. The number of nitrogens with zero attached hydrogens (tertiary/aromatic N) is 1. The molecule has 1 aliphatic heterocycles. The van der Waals surface area contributed by atoms with Crippen LogP contribution in [0.15, 0.2) is 47.1 Å². The molecule has 1 N–H and O–H groups in total. The van der Waals surface area contributed by atoms with Gasteiger partial charge in [0.05, 0.1) is 25.0 Å². The van der Waals surface area contributed by atoms with E-state index in [9.17, 15) is 4.79 Å². The van der Waals surface area contributed by atoms with Gasteiger partial charge in [-0.2, -0.15) is 0 Å². The average Bonchev–Trinajstić information content (AvgIpc) is 3.14. The lowest BCUT2D eigenvalue weighted by atomic mass is 10.1. The van der Waals surface area contributed by atoms with E-state index in [1.807, 2.05) is 43.3 Å². The quantitative estimate of drug-likeness (QED) is 0.886. The first-order chi connectivity index (χ1) is 11.7. The van der Waals surface area contributed by atoms with E-state index in [1.165, 1.54) is 0 Å². The van der Waals surface area contributed by atoms with E-state index < -0.39 is 0 Å². The van der Waals surface area contributed by atoms with Crippen LogP contribution in [-0.4, -0.2) is 38.3 Å². The van der Waals surface area contributed by atoms with Gasteiger partial charge in [-0.3, -0.25) is 4.79 Å². The predicted octanol–water partition coefficient (Wildman–Crippen LogP) is 2.87. The standard InChI is InChI=1S/C19H24N2O3/c1-15(8-9-16-5-4-12-24-16)20-19(22)17-6-2-3-7-18(17)21-10-13-23-14-11-21/h2-7,12,15H,8-11,13-14H2,1H3,(H,20,22)/t15-/m1/s1. The van der Waals surface area contributed by atoms with Gasteiger partial charge in [-0.25, -0.2) is 0 Å². The summed E-state index contributed by atoms with van der Waals surface area (Å²) in [4.78, 5) is 14.9. The number of anilines is 1. The van der Waals surface area contributed by atoms with Crippen LogP contribution >= 0.6 is 0 Å². The molecule has 1 amide bonds. The molecule has 24 heavy (non-hydrogen) atoms. The van der Waals surface area contributed by atoms with Gasteiger partial charge in [0.1, 0.15) is 5.76 Å². The molecule has 2 aromatic rings. The molecule has 1 saturated heterocycles. The van der Waals surface area contributed by atoms with Crippen LogP contribution in [0.3, 0.4) is 0 Å². The van der Waals surface area contributed by atoms with Crippen molar-refractivity contribution in [2.24, 2.45) is 0 Å². The van der Waals surface area contributed by atoms with Gasteiger partial charge in [-0.05, 0) is 37.6 Å². The van der Waals surface area contributed by atoms with E-state index in [4.69, 9.17) is 9.15 Å². The third-order valence-electron chi connectivity index (χ3n) is 4.28. The minimum absolute atomic E-state index is 0.0240. The highest BCUT2D eigenvalue weighted by Gasteiger charge is 2.19. The number of para-hydroxylation sites is 1. The largest absolute Gasteiger partial charge is 0.469 e. The summed E-state index contributed by atoms with van der Waals surface area (Å²) in [7, 11) is 0. The van der Waals surface area contributed by atoms with Crippen molar-refractivity contribution in [1.82, 2.24) is 5.32 Å². The Balaban J connectivity index is 1.61. The van der Waals surface area contributed by atoms with Crippen LogP contribution in [0.1, 0.15) is 29.5 Å². The van der Waals surface area contributed by atoms with Crippen molar-refractivity contribution in [1.29, 1.82) is 0 Å². The van der Waals surface area contributed by atoms with Crippen molar-refractivity contribution in [2.45, 2.75) is 25.8 Å². The van der Waals surface area contributed by atoms with E-state index in [0.29, 0.717) is 13.2 Å². The van der Waals surface area contributed by atoms with Gasteiger partial charge in [0, 0.05) is 31.2 Å². The summed E-state index contributed by atoms with van der Waals surface area (Å²) in [5, 5.41) is 3.10. The fourth-order valence-electron chi connectivity index (χ4n) is 2.93. The van der Waals surface area contributed by atoms with Crippen LogP contribution in [-0.2, 0) is 11.2 Å². The maximum absolute atomic E-state index is 12.7. The zero-order valence-electron chi connectivity index (χ0n) is 14.0. The summed E-state index contributed by atoms with van der Waals surface area (Å²) in [6.07, 6.45) is 3.34. The van der Waals surface area contributed by atoms with Crippen molar-refractivity contribution < 1.29 is 13.9 Å². The summed E-state index contributed by atoms with van der Waals surface area (Å²) in [5.74, 6) is 0.925. The number of aryl methyl sites for hydroxylation is 1. The summed E-state index contributed by atoms with van der Waals surface area (Å²) in [6, 6.07) is 11.7. The minimum Gasteiger partial charge on any atom is -0.469 e. The zero-order chi connectivity index (χ0) is 16.8. The molecule has 128 valence electrons. The van der Waals surface area contributed by atoms with Gasteiger partial charge in [-0.1, -0.05) is 12.1 Å². The molecule has 1 aromatic carbocycles. The average molecular weight is 328 g/mol. The Kier molecular flexibility index (Phi) is 5.54. The van der Waals surface area contributed by atoms with Gasteiger partial charge in [0.25, 0.3) is 5.91 Å². The topological polar surface area (TPSA) is 54.7 Å². The number of ether oxygens (including phenoxy) is 1. The van der Waals surface area contributed by atoms with E-state index in [-0.39, 0.29) is 11.9 Å². The van der Waals surface area contributed by atoms with Crippen molar-refractivity contribution in [3.8, 4) is 0 Å². The van der Waals surface area contributed by atoms with E-state index >= 15 is 0 Å². The number of hydrogen-bond donors (Lipinski definition) is 1. The molecule has 0 unspecified atom stereocenters. The maximum atomic E-state index is 12.7. The molecule has 1 atom stereocenters. The number of carbonyl (C=O) groups is 1. The van der Waals surface area contributed by atoms with E-state index in [1.54, 1.807) is 6.26 Å². The monoisotopic (exact) mass is 328 g/mol. The molecule has 1 aromatic heterocycles. The third-order valence-corrected chi connectivity index (χ3v) is 4.28. The molecule has 1 fully saturated rings. The normalized spacial score (nSPS) is 16.0. The number of benzene rings is 1. The SMILES string of the molecule is C[C@H](CCc1ccco1)NC(=O)c1ccccc1N1CCOCC1. The zero-order valence-corrected chi connectivity index (χ0v) is 14.0. The fraction of sp³-hybridized carbons (Fsp3) is 0.421. The van der Waals surface area contributed by atoms with E-state index in [2.05, 4.69) is 10.2 Å². The first kappa shape index (κ1) is 16.6. The van der Waals surface area contributed by atoms with Crippen molar-refractivity contribution in [3.05, 3.63) is 54.0 Å². The van der Waals surface area contributed by atoms with Crippen molar-refractivity contribution in [3.63, 3.8) is 0 Å². The first-order valence-corrected chi connectivity index (χ1v) is 8.49. The Labute approximate surface area is 142 Å². The number of hydrogen-bond acceptors (Lipinski definition) is 4. The minimum atomic E-state index is -0.0240. The lowest BCUT2D eigenvalue weighted by Gasteiger charge is -2.30. The number of morpholine rings is 1. The molecule has 0 saturated carbocycles. The Morgan fingerprint density at radius 3 is 2.75 bits per heavy atom. The van der Waals surface area contributed by atoms with Crippen LogP contribution < -0.4 is 10.2 Å². The lowest BCUT2D eigenvalue weighted by molar-refractivity contribution is 0.0936. The number of nitrogens with one attached hydrogen (secondary N) is 1. The molecule has 1 aliphatic rings. The predicted molar refractivity (Wildman–Crippen MR) is 93.4 cm³/mol. The highest BCUT2D eigenvalue weighted by Crippen LogP contribution is 2.21. The maximum Gasteiger partial charge on any atom is 0.253 e. The Hall–Kier alpha value is -2.27. The van der Waals surface area contributed by atoms with Crippen molar-refractivity contribution >= 4 is 11.6 Å². The lowest BCUT2D eigenvalue weighted by Crippen LogP contribution is -2.39. The summed E-state index contributed by atoms with van der Waals surface area (Å²) < 4.78 is 10.7. The van der Waals surface area contributed by atoms with Crippen molar-refractivity contribution in [2.75, 3.05) is 31.2 Å². The van der Waals surface area contributed by atoms with Gasteiger partial charge in [-0.15, -0.1) is 0 Å². The molecular weight excluding hydrogens is 304 g/mol. The summed E-state index contributed by atoms with van der Waals surface area (Å²) in [5.41, 5.74) is 1.71. The smallest absolute Gasteiger partial charge is 0.253 e. The second-order valence-corrected chi connectivity index (χ2v) is 6.11. The van der Waals surface area contributed by atoms with Gasteiger partial charge >= 0.3 is 0 Å². The highest BCUT2D eigenvalue weighted by atomic mass is 16.5. The molecule has 0 bridgehead atoms. The fourth-order valence-corrected chi connectivity index (χ4v) is 2.93. The Morgan fingerprint density at radius 1 is 1.21 bits per heavy atom. The second-order valence-electron chi connectivity index (χ2n) is 6.11. The molecule has 3 rings (SSSR count). The summed E-state index contributed by atoms with van der Waals surface area (Å²) >= 11 is 0. The second kappa shape index (κ2) is 8.02. The molecule has 0 aliphatic carbocycles. The number of furan rings is 1. The van der Waals surface area contributed by atoms with Crippen LogP contribution in [0, 0.1) is 0 Å². The Morgan fingerprint density at radius 2 is 2.00 bits per heavy atom. The third kappa shape index (κ3) is 4.17. The molecule has 5 nitrogen and oxygen atoms in total. The van der Waals surface area contributed by atoms with Gasteiger partial charge < -0.3 is 19.4 Å². The first-order valence-electron chi connectivity index (χ1n) is 8.49. The molecule has 5 heteroatoms. The molecule has 2 heterocycles. The summed E-state index contributed by atoms with van der Waals surface area (Å²) in [6.45, 7) is 5.07. The van der Waals surface area contributed by atoms with Crippen LogP contribution in [0.25, 0.3) is 0 Å². The molecule has 0 radical (unpaired) electrons. The molecular formula is C19H24N2O3. The number of amides is 1. The van der Waals surface area contributed by atoms with Gasteiger partial charge in [0.2, 0.25) is 0 Å². The van der Waals surface area contributed by atoms with Crippen LogP contribution in [0.2, 0.25) is 0 Å². The van der Waals surface area contributed by atoms with Gasteiger partial charge in [0.15, 0.2) is 0 Å². The highest BCUT2D eigenvalue weighted by molar-refractivity contribution is 6.00. The van der Waals surface area contributed by atoms with Crippen LogP contribution in [0.5, 0.6) is 0 Å².